The van der Waals surface area contributed by atoms with E-state index in [1.165, 1.54) is 17.8 Å². The Balaban J connectivity index is 1.20. The molecule has 0 saturated carbocycles. The molecule has 2 saturated heterocycles. The zero-order valence-electron chi connectivity index (χ0n) is 19.2. The number of hydrogen-bond acceptors (Lipinski definition) is 5. The van der Waals surface area contributed by atoms with Crippen LogP contribution in [0, 0.1) is 0 Å². The number of nitrogens with zero attached hydrogens (tertiary/aromatic N) is 4. The summed E-state index contributed by atoms with van der Waals surface area (Å²) in [6, 6.07) is 16.9. The molecular formula is C25H31F3N4OS. The number of rotatable bonds is 6. The molecule has 0 bridgehead atoms. The van der Waals surface area contributed by atoms with Crippen molar-refractivity contribution in [3.05, 3.63) is 54.6 Å². The summed E-state index contributed by atoms with van der Waals surface area (Å²) in [6.07, 6.45) is 1.37. The number of hydrogen-bond donors (Lipinski definition) is 0. The van der Waals surface area contributed by atoms with Gasteiger partial charge in [-0.25, -0.2) is 0 Å². The van der Waals surface area contributed by atoms with E-state index in [9.17, 15) is 18.0 Å². The molecule has 0 unspecified atom stereocenters. The fourth-order valence-electron chi connectivity index (χ4n) is 4.56. The van der Waals surface area contributed by atoms with Crippen molar-refractivity contribution in [3.8, 4) is 0 Å². The maximum Gasteiger partial charge on any atom is 0.446 e. The lowest BCUT2D eigenvalue weighted by Crippen LogP contribution is -2.47. The Morgan fingerprint density at radius 1 is 0.765 bits per heavy atom. The third-order valence-electron chi connectivity index (χ3n) is 6.42. The number of thioether (sulfide) groups is 1. The summed E-state index contributed by atoms with van der Waals surface area (Å²) in [5, 5.41) is 0. The number of anilines is 2. The van der Waals surface area contributed by atoms with E-state index in [1.54, 1.807) is 12.1 Å². The molecule has 34 heavy (non-hydrogen) atoms. The lowest BCUT2D eigenvalue weighted by atomic mass is 10.2. The summed E-state index contributed by atoms with van der Waals surface area (Å²) < 4.78 is 37.6. The molecule has 2 aliphatic heterocycles. The van der Waals surface area contributed by atoms with Gasteiger partial charge in [-0.3, -0.25) is 9.69 Å². The van der Waals surface area contributed by atoms with Gasteiger partial charge < -0.3 is 14.7 Å². The number of halogens is 3. The van der Waals surface area contributed by atoms with E-state index in [1.807, 2.05) is 11.0 Å². The fourth-order valence-corrected chi connectivity index (χ4v) is 5.10. The van der Waals surface area contributed by atoms with Crippen LogP contribution in [-0.4, -0.2) is 80.1 Å². The minimum atomic E-state index is -4.28. The molecule has 0 aliphatic carbocycles. The number of benzene rings is 2. The van der Waals surface area contributed by atoms with Crippen LogP contribution >= 0.6 is 11.8 Å². The molecule has 2 aliphatic rings. The molecule has 0 radical (unpaired) electrons. The zero-order valence-corrected chi connectivity index (χ0v) is 20.0. The third kappa shape index (κ3) is 7.06. The summed E-state index contributed by atoms with van der Waals surface area (Å²) in [4.78, 5) is 21.9. The maximum atomic E-state index is 12.9. The molecule has 0 spiro atoms. The van der Waals surface area contributed by atoms with E-state index >= 15 is 0 Å². The van der Waals surface area contributed by atoms with Gasteiger partial charge >= 0.3 is 5.51 Å². The van der Waals surface area contributed by atoms with Crippen molar-refractivity contribution >= 4 is 29.0 Å². The molecule has 9 heteroatoms. The number of amides is 1. The number of carbonyl (C=O) groups excluding carboxylic acids is 1. The predicted molar refractivity (Wildman–Crippen MR) is 131 cm³/mol. The Bertz CT molecular complexity index is 918. The molecule has 184 valence electrons. The van der Waals surface area contributed by atoms with Crippen LogP contribution in [0.4, 0.5) is 24.5 Å². The number of alkyl halides is 3. The van der Waals surface area contributed by atoms with Crippen LogP contribution in [0.1, 0.15) is 12.8 Å². The summed E-state index contributed by atoms with van der Waals surface area (Å²) >= 11 is -0.0975. The van der Waals surface area contributed by atoms with Crippen LogP contribution in [0.15, 0.2) is 59.5 Å². The second-order valence-corrected chi connectivity index (χ2v) is 9.82. The largest absolute Gasteiger partial charge is 0.446 e. The van der Waals surface area contributed by atoms with Gasteiger partial charge in [0, 0.05) is 81.6 Å². The Morgan fingerprint density at radius 2 is 1.38 bits per heavy atom. The van der Waals surface area contributed by atoms with Crippen molar-refractivity contribution in [2.45, 2.75) is 23.2 Å². The lowest BCUT2D eigenvalue weighted by Gasteiger charge is -2.36. The highest BCUT2D eigenvalue weighted by Gasteiger charge is 2.29. The van der Waals surface area contributed by atoms with E-state index in [-0.39, 0.29) is 22.6 Å². The normalized spacial score (nSPS) is 18.1. The van der Waals surface area contributed by atoms with Gasteiger partial charge in [0.25, 0.3) is 0 Å². The summed E-state index contributed by atoms with van der Waals surface area (Å²) in [5.41, 5.74) is -2.13. The van der Waals surface area contributed by atoms with Crippen LogP contribution in [0.25, 0.3) is 0 Å². The molecule has 0 aromatic heterocycles. The highest BCUT2D eigenvalue weighted by molar-refractivity contribution is 8.00. The van der Waals surface area contributed by atoms with Crippen molar-refractivity contribution < 1.29 is 18.0 Å². The monoisotopic (exact) mass is 492 g/mol. The highest BCUT2D eigenvalue weighted by atomic mass is 32.2. The molecule has 0 atom stereocenters. The molecular weight excluding hydrogens is 461 g/mol. The van der Waals surface area contributed by atoms with Crippen molar-refractivity contribution in [2.24, 2.45) is 0 Å². The first-order valence-electron chi connectivity index (χ1n) is 11.8. The number of para-hydroxylation sites is 1. The molecule has 2 aromatic rings. The van der Waals surface area contributed by atoms with E-state index in [2.05, 4.69) is 39.0 Å². The van der Waals surface area contributed by atoms with Crippen molar-refractivity contribution in [1.82, 2.24) is 9.80 Å². The molecule has 0 N–H and O–H groups in total. The molecule has 2 fully saturated rings. The van der Waals surface area contributed by atoms with Crippen LogP contribution in [0.3, 0.4) is 0 Å². The van der Waals surface area contributed by atoms with Gasteiger partial charge in [0.05, 0.1) is 0 Å². The Labute approximate surface area is 203 Å². The van der Waals surface area contributed by atoms with E-state index in [0.717, 1.165) is 57.9 Å². The van der Waals surface area contributed by atoms with Crippen LogP contribution in [0.5, 0.6) is 0 Å². The molecule has 4 rings (SSSR count). The third-order valence-corrected chi connectivity index (χ3v) is 7.16. The smallest absolute Gasteiger partial charge is 0.370 e. The average Bonchev–Trinajstić information content (AvgIpc) is 3.09. The predicted octanol–water partition coefficient (Wildman–Crippen LogP) is 4.55. The van der Waals surface area contributed by atoms with Crippen molar-refractivity contribution in [2.75, 3.05) is 68.7 Å². The second kappa shape index (κ2) is 11.4. The van der Waals surface area contributed by atoms with E-state index in [4.69, 9.17) is 0 Å². The van der Waals surface area contributed by atoms with E-state index < -0.39 is 5.51 Å². The summed E-state index contributed by atoms with van der Waals surface area (Å²) in [7, 11) is 0. The topological polar surface area (TPSA) is 30.0 Å². The molecule has 5 nitrogen and oxygen atoms in total. The number of carbonyl (C=O) groups is 1. The van der Waals surface area contributed by atoms with Crippen molar-refractivity contribution in [1.29, 1.82) is 0 Å². The quantitative estimate of drug-likeness (QED) is 0.552. The molecule has 2 aromatic carbocycles. The Hall–Kier alpha value is -2.39. The van der Waals surface area contributed by atoms with Crippen LogP contribution in [-0.2, 0) is 4.79 Å². The first-order chi connectivity index (χ1) is 16.4. The minimum Gasteiger partial charge on any atom is -0.370 e. The average molecular weight is 493 g/mol. The Morgan fingerprint density at radius 3 is 2.06 bits per heavy atom. The van der Waals surface area contributed by atoms with Crippen LogP contribution in [0.2, 0.25) is 0 Å². The van der Waals surface area contributed by atoms with Gasteiger partial charge in [0.2, 0.25) is 5.91 Å². The fraction of sp³-hybridized carbons (Fsp3) is 0.480. The van der Waals surface area contributed by atoms with E-state index in [0.29, 0.717) is 19.5 Å². The Kier molecular flexibility index (Phi) is 8.26. The maximum absolute atomic E-state index is 12.9. The minimum absolute atomic E-state index is 0.0975. The zero-order chi connectivity index (χ0) is 24.0. The van der Waals surface area contributed by atoms with Gasteiger partial charge in [-0.05, 0) is 54.6 Å². The van der Waals surface area contributed by atoms with Gasteiger partial charge in [0.15, 0.2) is 0 Å². The van der Waals surface area contributed by atoms with Gasteiger partial charge in [-0.15, -0.1) is 0 Å². The lowest BCUT2D eigenvalue weighted by molar-refractivity contribution is -0.131. The molecule has 1 amide bonds. The van der Waals surface area contributed by atoms with Crippen molar-refractivity contribution in [3.63, 3.8) is 0 Å². The number of piperazine rings is 1. The SMILES string of the molecule is O=C(CCN1CCN(c2ccccc2)CC1)N1CCCN(c2ccc(SC(F)(F)F)cc2)CC1. The van der Waals surface area contributed by atoms with Gasteiger partial charge in [0.1, 0.15) is 0 Å². The first-order valence-corrected chi connectivity index (χ1v) is 12.6. The van der Waals surface area contributed by atoms with Crippen LogP contribution < -0.4 is 9.80 Å². The van der Waals surface area contributed by atoms with Gasteiger partial charge in [-0.1, -0.05) is 18.2 Å². The molecule has 2 heterocycles. The highest BCUT2D eigenvalue weighted by Crippen LogP contribution is 2.37. The summed E-state index contributed by atoms with van der Waals surface area (Å²) in [6.45, 7) is 7.47. The standard InChI is InChI=1S/C25H31F3N4OS/c26-25(27,28)34-23-9-7-22(8-10-23)30-12-4-13-32(20-19-30)24(33)11-14-29-15-17-31(18-16-29)21-5-2-1-3-6-21/h1-3,5-10H,4,11-20H2. The van der Waals surface area contributed by atoms with Gasteiger partial charge in [-0.2, -0.15) is 13.2 Å². The summed E-state index contributed by atoms with van der Waals surface area (Å²) in [5.74, 6) is 0.185. The second-order valence-electron chi connectivity index (χ2n) is 8.68. The first kappa shape index (κ1) is 24.7.